The third-order valence-corrected chi connectivity index (χ3v) is 4.11. The maximum atomic E-state index is 11.1. The molecule has 9 heteroatoms. The molecule has 0 aromatic heterocycles. The smallest absolute Gasteiger partial charge is 0.453 e. The molecule has 0 rings (SSSR count). The lowest BCUT2D eigenvalue weighted by Crippen LogP contribution is -2.49. The summed E-state index contributed by atoms with van der Waals surface area (Å²) in [5.41, 5.74) is 0. The van der Waals surface area contributed by atoms with E-state index < -0.39 is 27.3 Å². The van der Waals surface area contributed by atoms with E-state index in [1.54, 1.807) is 6.07 Å². The van der Waals surface area contributed by atoms with Crippen molar-refractivity contribution in [2.24, 2.45) is 0 Å². The van der Waals surface area contributed by atoms with Crippen LogP contribution in [0.3, 0.4) is 0 Å². The Bertz CT molecular complexity index is 301. The highest BCUT2D eigenvalue weighted by Crippen LogP contribution is 2.06. The number of carbonyl (C=O) groups is 2. The topological polar surface area (TPSA) is 104 Å². The lowest BCUT2D eigenvalue weighted by atomic mass is 10.7. The minimum atomic E-state index is -3.07. The monoisotopic (exact) mass is 263 g/mol. The molecule has 0 fully saturated rings. The van der Waals surface area contributed by atoms with Gasteiger partial charge in [0.05, 0.1) is 0 Å². The van der Waals surface area contributed by atoms with Gasteiger partial charge in [0, 0.05) is 21.3 Å². The van der Waals surface area contributed by atoms with Gasteiger partial charge >= 0.3 is 20.7 Å². The zero-order chi connectivity index (χ0) is 13.3. The molecule has 0 radical (unpaired) electrons. The van der Waals surface area contributed by atoms with Crippen molar-refractivity contribution in [1.82, 2.24) is 0 Å². The maximum absolute atomic E-state index is 11.1. The standard InChI is InChI=1S/C8H13NO7Si/c1-12-17(13-2,14-3)6-16-8(11)7(10)15-5-4-9/h5-6H2,1-3H3. The first-order valence-corrected chi connectivity index (χ1v) is 6.34. The number of carbonyl (C=O) groups excluding carboxylic acids is 2. The van der Waals surface area contributed by atoms with Gasteiger partial charge in [0.1, 0.15) is 6.07 Å². The summed E-state index contributed by atoms with van der Waals surface area (Å²) in [5, 5.41) is 8.14. The van der Waals surface area contributed by atoms with Crippen molar-refractivity contribution in [3.8, 4) is 6.07 Å². The number of esters is 2. The number of nitrogens with zero attached hydrogens (tertiary/aromatic N) is 1. The Kier molecular flexibility index (Phi) is 7.07. The summed E-state index contributed by atoms with van der Waals surface area (Å²) in [6, 6.07) is 1.54. The van der Waals surface area contributed by atoms with Gasteiger partial charge in [-0.1, -0.05) is 0 Å². The minimum absolute atomic E-state index is 0.322. The van der Waals surface area contributed by atoms with Crippen LogP contribution in [0.4, 0.5) is 0 Å². The minimum Gasteiger partial charge on any atom is -0.453 e. The van der Waals surface area contributed by atoms with Crippen LogP contribution in [-0.2, 0) is 32.3 Å². The molecule has 0 N–H and O–H groups in total. The summed E-state index contributed by atoms with van der Waals surface area (Å²) >= 11 is 0. The molecule has 0 unspecified atom stereocenters. The molecule has 0 spiro atoms. The van der Waals surface area contributed by atoms with E-state index in [1.807, 2.05) is 0 Å². The Morgan fingerprint density at radius 2 is 1.53 bits per heavy atom. The van der Waals surface area contributed by atoms with Crippen LogP contribution in [0.15, 0.2) is 0 Å². The summed E-state index contributed by atoms with van der Waals surface area (Å²) in [6.07, 6.45) is -0.322. The summed E-state index contributed by atoms with van der Waals surface area (Å²) in [5.74, 6) is -2.49. The lowest BCUT2D eigenvalue weighted by Gasteiger charge is -2.23. The van der Waals surface area contributed by atoms with Crippen molar-refractivity contribution in [3.05, 3.63) is 0 Å². The van der Waals surface area contributed by atoms with Crippen molar-refractivity contribution in [2.45, 2.75) is 0 Å². The fourth-order valence-electron chi connectivity index (χ4n) is 0.796. The Hall–Kier alpha value is -1.47. The molecule has 0 aliphatic carbocycles. The molecule has 0 aliphatic heterocycles. The van der Waals surface area contributed by atoms with E-state index in [1.165, 1.54) is 21.3 Å². The molecule has 0 aliphatic rings. The van der Waals surface area contributed by atoms with Gasteiger partial charge < -0.3 is 22.8 Å². The molecular formula is C8H13NO7Si. The Labute approximate surface area is 99.3 Å². The molecule has 0 heterocycles. The molecule has 0 saturated heterocycles. The van der Waals surface area contributed by atoms with Crippen LogP contribution in [0.5, 0.6) is 0 Å². The number of nitriles is 1. The molecule has 17 heavy (non-hydrogen) atoms. The van der Waals surface area contributed by atoms with Gasteiger partial charge in [-0.25, -0.2) is 9.59 Å². The third-order valence-electron chi connectivity index (χ3n) is 1.75. The largest absolute Gasteiger partial charge is 0.540 e. The lowest BCUT2D eigenvalue weighted by molar-refractivity contribution is -0.166. The van der Waals surface area contributed by atoms with Crippen molar-refractivity contribution in [3.63, 3.8) is 0 Å². The number of rotatable bonds is 6. The van der Waals surface area contributed by atoms with Crippen LogP contribution >= 0.6 is 0 Å². The maximum Gasteiger partial charge on any atom is 0.540 e. The van der Waals surface area contributed by atoms with E-state index in [-0.39, 0.29) is 6.23 Å². The van der Waals surface area contributed by atoms with Crippen molar-refractivity contribution in [1.29, 1.82) is 5.26 Å². The third kappa shape index (κ3) is 4.92. The van der Waals surface area contributed by atoms with Crippen LogP contribution < -0.4 is 0 Å². The molecule has 0 aromatic carbocycles. The van der Waals surface area contributed by atoms with Crippen LogP contribution in [0, 0.1) is 11.3 Å². The first-order valence-electron chi connectivity index (χ1n) is 4.41. The summed E-state index contributed by atoms with van der Waals surface area (Å²) in [7, 11) is 0.930. The van der Waals surface area contributed by atoms with Crippen LogP contribution in [-0.4, -0.2) is 54.9 Å². The van der Waals surface area contributed by atoms with Crippen LogP contribution in [0.1, 0.15) is 0 Å². The van der Waals surface area contributed by atoms with Gasteiger partial charge in [-0.15, -0.1) is 0 Å². The van der Waals surface area contributed by atoms with Gasteiger partial charge in [-0.05, 0) is 0 Å². The van der Waals surface area contributed by atoms with E-state index in [9.17, 15) is 9.59 Å². The molecular weight excluding hydrogens is 250 g/mol. The second-order valence-corrected chi connectivity index (χ2v) is 5.49. The molecule has 8 nitrogen and oxygen atoms in total. The summed E-state index contributed by atoms with van der Waals surface area (Å²) in [4.78, 5) is 22.0. The molecule has 0 amide bonds. The van der Waals surface area contributed by atoms with Gasteiger partial charge in [0.2, 0.25) is 0 Å². The predicted octanol–water partition coefficient (Wildman–Crippen LogP) is -0.986. The van der Waals surface area contributed by atoms with Gasteiger partial charge in [-0.2, -0.15) is 5.26 Å². The first kappa shape index (κ1) is 15.5. The van der Waals surface area contributed by atoms with E-state index in [0.717, 1.165) is 0 Å². The molecule has 0 bridgehead atoms. The molecule has 0 saturated carbocycles. The normalized spacial score (nSPS) is 10.5. The second-order valence-electron chi connectivity index (χ2n) is 2.61. The zero-order valence-electron chi connectivity index (χ0n) is 9.72. The van der Waals surface area contributed by atoms with Gasteiger partial charge in [0.15, 0.2) is 12.8 Å². The summed E-state index contributed by atoms with van der Waals surface area (Å²) in [6.45, 7) is -0.519. The van der Waals surface area contributed by atoms with Crippen molar-refractivity contribution in [2.75, 3.05) is 34.2 Å². The van der Waals surface area contributed by atoms with Gasteiger partial charge in [0.25, 0.3) is 0 Å². The van der Waals surface area contributed by atoms with E-state index in [0.29, 0.717) is 0 Å². The zero-order valence-corrected chi connectivity index (χ0v) is 10.7. The molecule has 96 valence electrons. The van der Waals surface area contributed by atoms with Gasteiger partial charge in [-0.3, -0.25) is 0 Å². The van der Waals surface area contributed by atoms with E-state index in [4.69, 9.17) is 18.5 Å². The van der Waals surface area contributed by atoms with Crippen molar-refractivity contribution >= 4 is 20.7 Å². The van der Waals surface area contributed by atoms with Crippen LogP contribution in [0.25, 0.3) is 0 Å². The SMILES string of the molecule is CO[Si](COC(=O)C(=O)OCC#N)(OC)OC. The van der Waals surface area contributed by atoms with Crippen LogP contribution in [0.2, 0.25) is 0 Å². The number of ether oxygens (including phenoxy) is 2. The predicted molar refractivity (Wildman–Crippen MR) is 54.3 cm³/mol. The molecule has 0 atom stereocenters. The molecule has 0 aromatic rings. The second kappa shape index (κ2) is 7.74. The van der Waals surface area contributed by atoms with Crippen molar-refractivity contribution < 1.29 is 32.3 Å². The number of hydrogen-bond donors (Lipinski definition) is 0. The fraction of sp³-hybridized carbons (Fsp3) is 0.625. The number of hydrogen-bond acceptors (Lipinski definition) is 8. The van der Waals surface area contributed by atoms with E-state index in [2.05, 4.69) is 9.47 Å². The Morgan fingerprint density at radius 3 is 1.94 bits per heavy atom. The highest BCUT2D eigenvalue weighted by atomic mass is 28.4. The first-order chi connectivity index (χ1) is 8.05. The quantitative estimate of drug-likeness (QED) is 0.342. The Morgan fingerprint density at radius 1 is 1.06 bits per heavy atom. The summed E-state index contributed by atoms with van der Waals surface area (Å²) < 4.78 is 23.7. The highest BCUT2D eigenvalue weighted by molar-refractivity contribution is 6.60. The Balaban J connectivity index is 4.22. The fourth-order valence-corrected chi connectivity index (χ4v) is 1.96. The average Bonchev–Trinajstić information content (AvgIpc) is 2.37. The average molecular weight is 263 g/mol. The highest BCUT2D eigenvalue weighted by Gasteiger charge is 2.41. The van der Waals surface area contributed by atoms with E-state index >= 15 is 0 Å².